The lowest BCUT2D eigenvalue weighted by molar-refractivity contribution is -0.0190. The molecule has 0 saturated heterocycles. The number of benzene rings is 5. The Morgan fingerprint density at radius 1 is 0.757 bits per heavy atom. The van der Waals surface area contributed by atoms with Gasteiger partial charge in [-0.3, -0.25) is 0 Å². The molecule has 0 saturated carbocycles. The molecule has 2 aliphatic heterocycles. The SMILES string of the molecule is c1ccc(COc2ccc([C@H]3Oc4ccccc4[C@@H]4CC(c5ccc6ccccc6c5)=NN34)cc2)cc1. The first-order valence-corrected chi connectivity index (χ1v) is 12.7. The van der Waals surface area contributed by atoms with E-state index in [4.69, 9.17) is 14.6 Å². The zero-order valence-electron chi connectivity index (χ0n) is 20.3. The van der Waals surface area contributed by atoms with E-state index in [0.717, 1.165) is 40.3 Å². The molecule has 5 aromatic carbocycles. The highest BCUT2D eigenvalue weighted by Crippen LogP contribution is 2.47. The minimum atomic E-state index is -0.305. The molecule has 0 N–H and O–H groups in total. The summed E-state index contributed by atoms with van der Waals surface area (Å²) in [6.07, 6.45) is 0.536. The lowest BCUT2D eigenvalue weighted by Gasteiger charge is -2.38. The monoisotopic (exact) mass is 482 g/mol. The Bertz CT molecular complexity index is 1590. The van der Waals surface area contributed by atoms with Gasteiger partial charge < -0.3 is 9.47 Å². The summed E-state index contributed by atoms with van der Waals surface area (Å²) < 4.78 is 12.5. The van der Waals surface area contributed by atoms with Gasteiger partial charge >= 0.3 is 0 Å². The van der Waals surface area contributed by atoms with Crippen LogP contribution >= 0.6 is 0 Å². The third kappa shape index (κ3) is 4.11. The standard InChI is InChI=1S/C33H26N2O2/c1-2-8-23(9-3-1)22-36-28-18-16-25(17-19-28)33-35-31(29-12-6-7-13-32(29)37-33)21-30(34-35)27-15-14-24-10-4-5-11-26(24)20-27/h1-20,31,33H,21-22H2/t31-,33+/m0/s1. The largest absolute Gasteiger partial charge is 0.489 e. The summed E-state index contributed by atoms with van der Waals surface area (Å²) in [6.45, 7) is 0.543. The third-order valence-electron chi connectivity index (χ3n) is 7.20. The summed E-state index contributed by atoms with van der Waals surface area (Å²) in [5.74, 6) is 1.76. The Kier molecular flexibility index (Phi) is 5.36. The average molecular weight is 483 g/mol. The van der Waals surface area contributed by atoms with E-state index in [1.807, 2.05) is 36.4 Å². The van der Waals surface area contributed by atoms with Crippen LogP contribution in [0.4, 0.5) is 0 Å². The van der Waals surface area contributed by atoms with E-state index in [1.165, 1.54) is 16.3 Å². The number of hydrogen-bond donors (Lipinski definition) is 0. The minimum absolute atomic E-state index is 0.130. The zero-order chi connectivity index (χ0) is 24.6. The van der Waals surface area contributed by atoms with Crippen molar-refractivity contribution in [3.63, 3.8) is 0 Å². The van der Waals surface area contributed by atoms with E-state index >= 15 is 0 Å². The fraction of sp³-hybridized carbons (Fsp3) is 0.121. The third-order valence-corrected chi connectivity index (χ3v) is 7.20. The van der Waals surface area contributed by atoms with Crippen LogP contribution in [0.3, 0.4) is 0 Å². The van der Waals surface area contributed by atoms with Crippen LogP contribution in [0.2, 0.25) is 0 Å². The van der Waals surface area contributed by atoms with Crippen LogP contribution in [0.5, 0.6) is 11.5 Å². The molecule has 5 aromatic rings. The van der Waals surface area contributed by atoms with Crippen LogP contribution in [0.15, 0.2) is 126 Å². The van der Waals surface area contributed by atoms with Gasteiger partial charge in [-0.1, -0.05) is 84.9 Å². The van der Waals surface area contributed by atoms with Crippen LogP contribution in [0, 0.1) is 0 Å². The summed E-state index contributed by atoms with van der Waals surface area (Å²) in [5, 5.41) is 9.74. The van der Waals surface area contributed by atoms with Crippen LogP contribution in [-0.2, 0) is 6.61 Å². The summed E-state index contributed by atoms with van der Waals surface area (Å²) in [5.41, 5.74) is 5.63. The maximum Gasteiger partial charge on any atom is 0.213 e. The first-order chi connectivity index (χ1) is 18.3. The number of hydrogen-bond acceptors (Lipinski definition) is 4. The molecule has 0 aliphatic carbocycles. The van der Waals surface area contributed by atoms with Gasteiger partial charge in [-0.2, -0.15) is 5.10 Å². The van der Waals surface area contributed by atoms with E-state index in [2.05, 4.69) is 89.9 Å². The van der Waals surface area contributed by atoms with Gasteiger partial charge in [-0.25, -0.2) is 5.01 Å². The number of rotatable bonds is 5. The molecule has 0 amide bonds. The second-order valence-electron chi connectivity index (χ2n) is 9.56. The topological polar surface area (TPSA) is 34.1 Å². The molecule has 0 fully saturated rings. The molecule has 0 aromatic heterocycles. The molecule has 7 rings (SSSR count). The molecule has 0 bridgehead atoms. The molecule has 2 atom stereocenters. The van der Waals surface area contributed by atoms with Crippen molar-refractivity contribution < 1.29 is 9.47 Å². The normalized spacial score (nSPS) is 18.1. The van der Waals surface area contributed by atoms with Crippen molar-refractivity contribution in [3.8, 4) is 11.5 Å². The van der Waals surface area contributed by atoms with Crippen molar-refractivity contribution in [3.05, 3.63) is 144 Å². The molecular weight excluding hydrogens is 456 g/mol. The second kappa shape index (κ2) is 9.14. The van der Waals surface area contributed by atoms with Crippen LogP contribution in [0.25, 0.3) is 10.8 Å². The van der Waals surface area contributed by atoms with Gasteiger partial charge in [0, 0.05) is 17.5 Å². The lowest BCUT2D eigenvalue weighted by Crippen LogP contribution is -2.33. The molecule has 4 nitrogen and oxygen atoms in total. The highest BCUT2D eigenvalue weighted by Gasteiger charge is 2.40. The summed E-state index contributed by atoms with van der Waals surface area (Å²) in [7, 11) is 0. The Morgan fingerprint density at radius 3 is 2.38 bits per heavy atom. The van der Waals surface area contributed by atoms with E-state index < -0.39 is 0 Å². The van der Waals surface area contributed by atoms with E-state index in [9.17, 15) is 0 Å². The Morgan fingerprint density at radius 2 is 1.51 bits per heavy atom. The fourth-order valence-corrected chi connectivity index (χ4v) is 5.27. The predicted molar refractivity (Wildman–Crippen MR) is 147 cm³/mol. The van der Waals surface area contributed by atoms with Crippen molar-refractivity contribution in [1.29, 1.82) is 0 Å². The molecule has 4 heteroatoms. The molecule has 37 heavy (non-hydrogen) atoms. The Hall–Kier alpha value is -4.57. The van der Waals surface area contributed by atoms with Crippen LogP contribution in [0.1, 0.15) is 40.9 Å². The number of para-hydroxylation sites is 1. The van der Waals surface area contributed by atoms with E-state index in [-0.39, 0.29) is 12.3 Å². The first kappa shape index (κ1) is 21.7. The molecule has 0 spiro atoms. The zero-order valence-corrected chi connectivity index (χ0v) is 20.3. The van der Waals surface area contributed by atoms with Crippen molar-refractivity contribution in [2.24, 2.45) is 5.10 Å². The predicted octanol–water partition coefficient (Wildman–Crippen LogP) is 7.66. The highest BCUT2D eigenvalue weighted by atomic mass is 16.5. The molecule has 0 unspecified atom stereocenters. The van der Waals surface area contributed by atoms with Gasteiger partial charge in [-0.05, 0) is 58.3 Å². The number of nitrogens with zero attached hydrogens (tertiary/aromatic N) is 2. The van der Waals surface area contributed by atoms with Gasteiger partial charge in [0.25, 0.3) is 0 Å². The fourth-order valence-electron chi connectivity index (χ4n) is 5.27. The van der Waals surface area contributed by atoms with Gasteiger partial charge in [0.15, 0.2) is 0 Å². The Labute approximate surface area is 216 Å². The number of fused-ring (bicyclic) bond motifs is 4. The summed E-state index contributed by atoms with van der Waals surface area (Å²) in [6, 6.07) is 41.9. The maximum atomic E-state index is 6.53. The van der Waals surface area contributed by atoms with Gasteiger partial charge in [0.2, 0.25) is 6.23 Å². The van der Waals surface area contributed by atoms with E-state index in [1.54, 1.807) is 0 Å². The van der Waals surface area contributed by atoms with Gasteiger partial charge in [0.1, 0.15) is 18.1 Å². The van der Waals surface area contributed by atoms with Crippen molar-refractivity contribution in [2.75, 3.05) is 0 Å². The number of ether oxygens (including phenoxy) is 2. The quantitative estimate of drug-likeness (QED) is 0.258. The lowest BCUT2D eigenvalue weighted by atomic mass is 9.95. The maximum absolute atomic E-state index is 6.53. The van der Waals surface area contributed by atoms with Crippen molar-refractivity contribution >= 4 is 16.5 Å². The van der Waals surface area contributed by atoms with E-state index in [0.29, 0.717) is 6.61 Å². The second-order valence-corrected chi connectivity index (χ2v) is 9.56. The average Bonchev–Trinajstić information content (AvgIpc) is 3.42. The van der Waals surface area contributed by atoms with Crippen molar-refractivity contribution in [1.82, 2.24) is 5.01 Å². The smallest absolute Gasteiger partial charge is 0.213 e. The van der Waals surface area contributed by atoms with Gasteiger partial charge in [-0.15, -0.1) is 0 Å². The van der Waals surface area contributed by atoms with Gasteiger partial charge in [0.05, 0.1) is 11.8 Å². The molecule has 2 aliphatic rings. The van der Waals surface area contributed by atoms with Crippen LogP contribution in [-0.4, -0.2) is 10.7 Å². The highest BCUT2D eigenvalue weighted by molar-refractivity contribution is 6.04. The molecule has 180 valence electrons. The van der Waals surface area contributed by atoms with Crippen LogP contribution < -0.4 is 9.47 Å². The molecule has 2 heterocycles. The first-order valence-electron chi connectivity index (χ1n) is 12.7. The molecule has 0 radical (unpaired) electrons. The van der Waals surface area contributed by atoms with Crippen molar-refractivity contribution in [2.45, 2.75) is 25.3 Å². The summed E-state index contributed by atoms with van der Waals surface area (Å²) >= 11 is 0. The number of hydrazone groups is 1. The molecular formula is C33H26N2O2. The minimum Gasteiger partial charge on any atom is -0.489 e. The Balaban J connectivity index is 1.19. The summed E-state index contributed by atoms with van der Waals surface area (Å²) in [4.78, 5) is 0.